The molecule has 0 radical (unpaired) electrons. The van der Waals surface area contributed by atoms with Crippen molar-refractivity contribution in [1.29, 1.82) is 0 Å². The molecule has 2 atom stereocenters. The van der Waals surface area contributed by atoms with Crippen LogP contribution >= 0.6 is 0 Å². The third-order valence-corrected chi connectivity index (χ3v) is 5.53. The number of rotatable bonds is 6. The predicted octanol–water partition coefficient (Wildman–Crippen LogP) is 3.07. The highest BCUT2D eigenvalue weighted by atomic mass is 16.2. The van der Waals surface area contributed by atoms with Crippen molar-refractivity contribution in [3.8, 4) is 0 Å². The van der Waals surface area contributed by atoms with Crippen LogP contribution in [-0.2, 0) is 4.79 Å². The first-order valence-corrected chi connectivity index (χ1v) is 9.57. The summed E-state index contributed by atoms with van der Waals surface area (Å²) in [6.45, 7) is 7.83. The maximum Gasteiger partial charge on any atom is 0.317 e. The molecular formula is C19H33N3O2. The summed E-state index contributed by atoms with van der Waals surface area (Å²) in [6, 6.07) is 0.448. The highest BCUT2D eigenvalue weighted by molar-refractivity contribution is 5.76. The zero-order valence-electron chi connectivity index (χ0n) is 15.1. The topological polar surface area (TPSA) is 61.4 Å². The average molecular weight is 335 g/mol. The fourth-order valence-electron chi connectivity index (χ4n) is 4.01. The Labute approximate surface area is 146 Å². The largest absolute Gasteiger partial charge is 0.353 e. The van der Waals surface area contributed by atoms with Crippen LogP contribution in [0.15, 0.2) is 12.7 Å². The highest BCUT2D eigenvalue weighted by Crippen LogP contribution is 2.29. The van der Waals surface area contributed by atoms with E-state index in [-0.39, 0.29) is 11.9 Å². The predicted molar refractivity (Wildman–Crippen MR) is 96.7 cm³/mol. The molecule has 2 aliphatic rings. The molecule has 1 saturated heterocycles. The average Bonchev–Trinajstić information content (AvgIpc) is 2.61. The summed E-state index contributed by atoms with van der Waals surface area (Å²) < 4.78 is 0. The van der Waals surface area contributed by atoms with E-state index in [1.54, 1.807) is 6.08 Å². The van der Waals surface area contributed by atoms with Crippen LogP contribution in [0.25, 0.3) is 0 Å². The van der Waals surface area contributed by atoms with Crippen LogP contribution in [0, 0.1) is 11.8 Å². The third kappa shape index (κ3) is 5.53. The first-order valence-electron chi connectivity index (χ1n) is 9.57. The van der Waals surface area contributed by atoms with E-state index in [9.17, 15) is 9.59 Å². The number of hydrogen-bond acceptors (Lipinski definition) is 2. The summed E-state index contributed by atoms with van der Waals surface area (Å²) in [5, 5.41) is 6.08. The Hall–Kier alpha value is -1.52. The number of urea groups is 1. The molecule has 1 heterocycles. The fraction of sp³-hybridized carbons (Fsp3) is 0.789. The first kappa shape index (κ1) is 18.8. The smallest absolute Gasteiger partial charge is 0.317 e. The van der Waals surface area contributed by atoms with Gasteiger partial charge < -0.3 is 15.5 Å². The lowest BCUT2D eigenvalue weighted by Crippen LogP contribution is -2.51. The number of nitrogens with zero attached hydrogens (tertiary/aromatic N) is 1. The van der Waals surface area contributed by atoms with Gasteiger partial charge in [0.2, 0.25) is 5.91 Å². The molecule has 0 aromatic heterocycles. The number of piperidine rings is 1. The van der Waals surface area contributed by atoms with Crippen LogP contribution in [0.5, 0.6) is 0 Å². The molecule has 0 bridgehead atoms. The van der Waals surface area contributed by atoms with Crippen molar-refractivity contribution in [3.05, 3.63) is 12.7 Å². The van der Waals surface area contributed by atoms with Crippen molar-refractivity contribution in [2.75, 3.05) is 19.6 Å². The quantitative estimate of drug-likeness (QED) is 0.733. The molecule has 1 aliphatic heterocycles. The van der Waals surface area contributed by atoms with Crippen LogP contribution in [0.3, 0.4) is 0 Å². The van der Waals surface area contributed by atoms with Gasteiger partial charge in [-0.25, -0.2) is 4.79 Å². The Bertz CT molecular complexity index is 432. The number of nitrogens with one attached hydrogen (secondary N) is 2. The van der Waals surface area contributed by atoms with Crippen LogP contribution < -0.4 is 10.6 Å². The lowest BCUT2D eigenvalue weighted by atomic mass is 9.81. The van der Waals surface area contributed by atoms with Crippen LogP contribution in [0.1, 0.15) is 58.3 Å². The number of carbonyl (C=O) groups is 2. The zero-order valence-corrected chi connectivity index (χ0v) is 15.1. The molecule has 2 fully saturated rings. The third-order valence-electron chi connectivity index (χ3n) is 5.53. The molecule has 2 unspecified atom stereocenters. The van der Waals surface area contributed by atoms with Gasteiger partial charge in [-0.05, 0) is 31.1 Å². The van der Waals surface area contributed by atoms with Gasteiger partial charge in [-0.15, -0.1) is 6.58 Å². The number of carbonyl (C=O) groups excluding carboxylic acids is 2. The maximum atomic E-state index is 12.5. The zero-order chi connectivity index (χ0) is 17.4. The van der Waals surface area contributed by atoms with Gasteiger partial charge in [0, 0.05) is 32.1 Å². The summed E-state index contributed by atoms with van der Waals surface area (Å²) in [4.78, 5) is 26.4. The van der Waals surface area contributed by atoms with Crippen molar-refractivity contribution >= 4 is 11.9 Å². The second kappa shape index (κ2) is 9.70. The van der Waals surface area contributed by atoms with E-state index in [0.29, 0.717) is 30.8 Å². The van der Waals surface area contributed by atoms with Gasteiger partial charge in [-0.2, -0.15) is 0 Å². The van der Waals surface area contributed by atoms with Gasteiger partial charge in [0.05, 0.1) is 0 Å². The summed E-state index contributed by atoms with van der Waals surface area (Å²) >= 11 is 0. The number of amides is 3. The monoisotopic (exact) mass is 335 g/mol. The summed E-state index contributed by atoms with van der Waals surface area (Å²) in [5.41, 5.74) is 0. The lowest BCUT2D eigenvalue weighted by Gasteiger charge is -2.39. The first-order chi connectivity index (χ1) is 11.6. The van der Waals surface area contributed by atoms with Crippen LogP contribution in [-0.4, -0.2) is 42.5 Å². The summed E-state index contributed by atoms with van der Waals surface area (Å²) in [5.74, 6) is 0.877. The number of hydrogen-bond donors (Lipinski definition) is 2. The minimum atomic E-state index is 0.0925. The van der Waals surface area contributed by atoms with Crippen LogP contribution in [0.4, 0.5) is 4.79 Å². The van der Waals surface area contributed by atoms with E-state index in [2.05, 4.69) is 24.1 Å². The Morgan fingerprint density at radius 3 is 2.58 bits per heavy atom. The molecule has 5 nitrogen and oxygen atoms in total. The molecule has 1 saturated carbocycles. The van der Waals surface area contributed by atoms with Crippen molar-refractivity contribution in [3.63, 3.8) is 0 Å². The second-order valence-corrected chi connectivity index (χ2v) is 7.24. The summed E-state index contributed by atoms with van der Waals surface area (Å²) in [7, 11) is 0. The van der Waals surface area contributed by atoms with Crippen molar-refractivity contribution < 1.29 is 9.59 Å². The van der Waals surface area contributed by atoms with Crippen molar-refractivity contribution in [2.45, 2.75) is 64.3 Å². The maximum absolute atomic E-state index is 12.5. The van der Waals surface area contributed by atoms with E-state index >= 15 is 0 Å². The Kier molecular flexibility index (Phi) is 7.60. The highest BCUT2D eigenvalue weighted by Gasteiger charge is 2.32. The van der Waals surface area contributed by atoms with Gasteiger partial charge >= 0.3 is 6.03 Å². The van der Waals surface area contributed by atoms with Crippen molar-refractivity contribution in [1.82, 2.24) is 15.5 Å². The molecule has 0 aromatic carbocycles. The van der Waals surface area contributed by atoms with E-state index in [1.807, 2.05) is 4.90 Å². The SMILES string of the molecule is C=CCNC(=O)CC1CCN(C(=O)NC2CCCCC2)CC1CC. The molecular weight excluding hydrogens is 302 g/mol. The summed E-state index contributed by atoms with van der Waals surface area (Å²) in [6.07, 6.45) is 10.2. The van der Waals surface area contributed by atoms with Gasteiger partial charge in [-0.1, -0.05) is 38.7 Å². The van der Waals surface area contributed by atoms with E-state index < -0.39 is 0 Å². The number of likely N-dealkylation sites (tertiary alicyclic amines) is 1. The van der Waals surface area contributed by atoms with Gasteiger partial charge in [0.25, 0.3) is 0 Å². The lowest BCUT2D eigenvalue weighted by molar-refractivity contribution is -0.122. The standard InChI is InChI=1S/C19H33N3O2/c1-3-11-20-18(23)13-16-10-12-22(14-15(16)4-2)19(24)21-17-8-6-5-7-9-17/h3,15-17H,1,4-14H2,2H3,(H,20,23)(H,21,24). The minimum Gasteiger partial charge on any atom is -0.353 e. The molecule has 2 N–H and O–H groups in total. The second-order valence-electron chi connectivity index (χ2n) is 7.24. The Balaban J connectivity index is 1.81. The van der Waals surface area contributed by atoms with Gasteiger partial charge in [0.1, 0.15) is 0 Å². The van der Waals surface area contributed by atoms with E-state index in [4.69, 9.17) is 0 Å². The molecule has 0 aromatic rings. The van der Waals surface area contributed by atoms with E-state index in [1.165, 1.54) is 19.3 Å². The van der Waals surface area contributed by atoms with Gasteiger partial charge in [-0.3, -0.25) is 4.79 Å². The molecule has 0 spiro atoms. The van der Waals surface area contributed by atoms with Crippen LogP contribution in [0.2, 0.25) is 0 Å². The van der Waals surface area contributed by atoms with Crippen molar-refractivity contribution in [2.24, 2.45) is 11.8 Å². The molecule has 24 heavy (non-hydrogen) atoms. The molecule has 2 rings (SSSR count). The fourth-order valence-corrected chi connectivity index (χ4v) is 4.01. The normalized spacial score (nSPS) is 25.1. The molecule has 136 valence electrons. The molecule has 3 amide bonds. The minimum absolute atomic E-state index is 0.0925. The molecule has 1 aliphatic carbocycles. The molecule has 5 heteroatoms. The van der Waals surface area contributed by atoms with Gasteiger partial charge in [0.15, 0.2) is 0 Å². The van der Waals surface area contributed by atoms with E-state index in [0.717, 1.165) is 38.8 Å². The Morgan fingerprint density at radius 2 is 1.92 bits per heavy atom. The Morgan fingerprint density at radius 1 is 1.17 bits per heavy atom.